The van der Waals surface area contributed by atoms with Crippen LogP contribution >= 0.6 is 0 Å². The number of para-hydroxylation sites is 1. The number of amides is 1. The Morgan fingerprint density at radius 1 is 1.10 bits per heavy atom. The van der Waals surface area contributed by atoms with Gasteiger partial charge in [-0.15, -0.1) is 0 Å². The lowest BCUT2D eigenvalue weighted by Gasteiger charge is -2.54. The minimum atomic E-state index is 0.166. The fourth-order valence-electron chi connectivity index (χ4n) is 3.70. The monoisotopic (exact) mass is 278 g/mol. The van der Waals surface area contributed by atoms with E-state index in [9.17, 15) is 4.79 Å². The third-order valence-corrected chi connectivity index (χ3v) is 4.73. The molecule has 2 heterocycles. The first-order valence-electron chi connectivity index (χ1n) is 7.43. The largest absolute Gasteiger partial charge is 0.378 e. The first-order chi connectivity index (χ1) is 10.3. The van der Waals surface area contributed by atoms with Gasteiger partial charge in [-0.25, -0.2) is 0 Å². The van der Waals surface area contributed by atoms with Gasteiger partial charge in [-0.05, 0) is 17.2 Å². The quantitative estimate of drug-likeness (QED) is 0.867. The second kappa shape index (κ2) is 4.62. The summed E-state index contributed by atoms with van der Waals surface area (Å²) in [6, 6.07) is 19.4. The molecule has 2 aromatic rings. The molecule has 21 heavy (non-hydrogen) atoms. The number of nitrogens with zero attached hydrogens (tertiary/aromatic N) is 1. The van der Waals surface area contributed by atoms with E-state index in [2.05, 4.69) is 47.8 Å². The zero-order valence-electron chi connectivity index (χ0n) is 12.0. The lowest BCUT2D eigenvalue weighted by Crippen LogP contribution is -2.57. The van der Waals surface area contributed by atoms with Gasteiger partial charge in [0, 0.05) is 25.1 Å². The average molecular weight is 278 g/mol. The number of likely N-dealkylation sites (tertiary alicyclic amines) is 1. The normalized spacial score (nSPS) is 26.1. The molecule has 0 unspecified atom stereocenters. The maximum Gasteiger partial charge on any atom is 0.219 e. The molecule has 2 aliphatic rings. The van der Waals surface area contributed by atoms with E-state index >= 15 is 0 Å². The summed E-state index contributed by atoms with van der Waals surface area (Å²) in [5.74, 6) is 0.617. The maximum atomic E-state index is 11.8. The van der Waals surface area contributed by atoms with Gasteiger partial charge in [-0.2, -0.15) is 0 Å². The molecule has 106 valence electrons. The van der Waals surface area contributed by atoms with Crippen molar-refractivity contribution in [2.75, 3.05) is 11.9 Å². The molecular weight excluding hydrogens is 260 g/mol. The molecule has 3 nitrogen and oxygen atoms in total. The zero-order chi connectivity index (χ0) is 14.4. The predicted octanol–water partition coefficient (Wildman–Crippen LogP) is 3.37. The number of carbonyl (C=O) groups is 1. The van der Waals surface area contributed by atoms with Crippen LogP contribution in [0, 0.1) is 5.92 Å². The van der Waals surface area contributed by atoms with Crippen LogP contribution in [0.2, 0.25) is 0 Å². The standard InChI is InChI=1S/C18H18N2O/c1-12(21)20-11-15-17(13-7-3-2-4-8-13)19-16-10-6-5-9-14(16)18(15)20/h2-10,15,17-19H,11H2,1H3/t15-,17+,18+/m0/s1. The van der Waals surface area contributed by atoms with Crippen molar-refractivity contribution in [2.24, 2.45) is 5.92 Å². The van der Waals surface area contributed by atoms with Crippen molar-refractivity contribution in [2.45, 2.75) is 19.0 Å². The van der Waals surface area contributed by atoms with Crippen LogP contribution < -0.4 is 5.32 Å². The fraction of sp³-hybridized carbons (Fsp3) is 0.278. The number of benzene rings is 2. The third kappa shape index (κ3) is 1.84. The summed E-state index contributed by atoms with van der Waals surface area (Å²) in [6.07, 6.45) is 0. The summed E-state index contributed by atoms with van der Waals surface area (Å²) in [5.41, 5.74) is 3.69. The molecule has 3 atom stereocenters. The van der Waals surface area contributed by atoms with Crippen LogP contribution in [0.3, 0.4) is 0 Å². The Labute approximate surface area is 124 Å². The van der Waals surface area contributed by atoms with Gasteiger partial charge in [0.15, 0.2) is 0 Å². The van der Waals surface area contributed by atoms with E-state index in [4.69, 9.17) is 0 Å². The average Bonchev–Trinajstić information content (AvgIpc) is 2.47. The third-order valence-electron chi connectivity index (χ3n) is 4.73. The summed E-state index contributed by atoms with van der Waals surface area (Å²) < 4.78 is 0. The Morgan fingerprint density at radius 2 is 1.81 bits per heavy atom. The Morgan fingerprint density at radius 3 is 2.57 bits per heavy atom. The first kappa shape index (κ1) is 12.5. The van der Waals surface area contributed by atoms with Gasteiger partial charge in [0.25, 0.3) is 0 Å². The molecule has 1 fully saturated rings. The van der Waals surface area contributed by atoms with Gasteiger partial charge in [-0.1, -0.05) is 48.5 Å². The van der Waals surface area contributed by atoms with Gasteiger partial charge >= 0.3 is 0 Å². The summed E-state index contributed by atoms with van der Waals surface area (Å²) in [7, 11) is 0. The van der Waals surface area contributed by atoms with E-state index < -0.39 is 0 Å². The second-order valence-corrected chi connectivity index (χ2v) is 5.90. The minimum absolute atomic E-state index is 0.166. The molecule has 3 heteroatoms. The molecule has 1 saturated heterocycles. The van der Waals surface area contributed by atoms with Gasteiger partial charge in [0.05, 0.1) is 12.1 Å². The molecule has 2 aromatic carbocycles. The summed E-state index contributed by atoms with van der Waals surface area (Å²) >= 11 is 0. The number of hydrogen-bond donors (Lipinski definition) is 1. The van der Waals surface area contributed by atoms with Gasteiger partial charge < -0.3 is 10.2 Å². The highest BCUT2D eigenvalue weighted by molar-refractivity contribution is 5.76. The van der Waals surface area contributed by atoms with E-state index in [1.807, 2.05) is 17.0 Å². The molecule has 1 N–H and O–H groups in total. The van der Waals surface area contributed by atoms with Crippen LogP contribution in [-0.2, 0) is 4.79 Å². The van der Waals surface area contributed by atoms with Crippen LogP contribution in [0.25, 0.3) is 0 Å². The van der Waals surface area contributed by atoms with Crippen LogP contribution in [0.5, 0.6) is 0 Å². The van der Waals surface area contributed by atoms with E-state index in [0.717, 1.165) is 12.2 Å². The van der Waals surface area contributed by atoms with Crippen molar-refractivity contribution >= 4 is 11.6 Å². The molecule has 1 amide bonds. The van der Waals surface area contributed by atoms with Crippen LogP contribution in [0.1, 0.15) is 30.1 Å². The van der Waals surface area contributed by atoms with Crippen molar-refractivity contribution in [3.05, 3.63) is 65.7 Å². The molecule has 0 radical (unpaired) electrons. The highest BCUT2D eigenvalue weighted by Gasteiger charge is 2.49. The smallest absolute Gasteiger partial charge is 0.219 e. The van der Waals surface area contributed by atoms with Crippen molar-refractivity contribution in [3.63, 3.8) is 0 Å². The Kier molecular flexibility index (Phi) is 2.74. The number of carbonyl (C=O) groups excluding carboxylic acids is 1. The van der Waals surface area contributed by atoms with Crippen molar-refractivity contribution in [1.29, 1.82) is 0 Å². The lowest BCUT2D eigenvalue weighted by molar-refractivity contribution is -0.143. The first-order valence-corrected chi connectivity index (χ1v) is 7.43. The molecule has 0 spiro atoms. The minimum Gasteiger partial charge on any atom is -0.378 e. The summed E-state index contributed by atoms with van der Waals surface area (Å²) in [5, 5.41) is 3.67. The van der Waals surface area contributed by atoms with Gasteiger partial charge in [-0.3, -0.25) is 4.79 Å². The fourth-order valence-corrected chi connectivity index (χ4v) is 3.70. The Balaban J connectivity index is 1.77. The summed E-state index contributed by atoms with van der Waals surface area (Å²) in [6.45, 7) is 2.50. The molecule has 0 saturated carbocycles. The Bertz CT molecular complexity index is 683. The molecule has 4 rings (SSSR count). The van der Waals surface area contributed by atoms with E-state index in [-0.39, 0.29) is 18.0 Å². The van der Waals surface area contributed by atoms with E-state index in [1.54, 1.807) is 6.92 Å². The highest BCUT2D eigenvalue weighted by Crippen LogP contribution is 2.52. The number of rotatable bonds is 1. The molecular formula is C18H18N2O. The highest BCUT2D eigenvalue weighted by atomic mass is 16.2. The van der Waals surface area contributed by atoms with E-state index in [1.165, 1.54) is 11.1 Å². The lowest BCUT2D eigenvalue weighted by atomic mass is 9.73. The SMILES string of the molecule is CC(=O)N1C[C@H]2[C@@H](c3ccccc3)Nc3ccccc3[C@H]21. The maximum absolute atomic E-state index is 11.8. The van der Waals surface area contributed by atoms with Crippen LogP contribution in [0.15, 0.2) is 54.6 Å². The van der Waals surface area contributed by atoms with E-state index in [0.29, 0.717) is 5.92 Å². The summed E-state index contributed by atoms with van der Waals surface area (Å²) in [4.78, 5) is 13.8. The molecule has 0 bridgehead atoms. The zero-order valence-corrected chi connectivity index (χ0v) is 12.0. The van der Waals surface area contributed by atoms with Crippen LogP contribution in [0.4, 0.5) is 5.69 Å². The van der Waals surface area contributed by atoms with Gasteiger partial charge in [0.1, 0.15) is 0 Å². The number of nitrogens with one attached hydrogen (secondary N) is 1. The number of fused-ring (bicyclic) bond motifs is 3. The second-order valence-electron chi connectivity index (χ2n) is 5.90. The van der Waals surface area contributed by atoms with Crippen molar-refractivity contribution in [1.82, 2.24) is 4.90 Å². The predicted molar refractivity (Wildman–Crippen MR) is 82.9 cm³/mol. The molecule has 2 aliphatic heterocycles. The van der Waals surface area contributed by atoms with Crippen molar-refractivity contribution < 1.29 is 4.79 Å². The molecule has 0 aliphatic carbocycles. The van der Waals surface area contributed by atoms with Crippen molar-refractivity contribution in [3.8, 4) is 0 Å². The number of hydrogen-bond acceptors (Lipinski definition) is 2. The Hall–Kier alpha value is -2.29. The number of anilines is 1. The molecule has 0 aromatic heterocycles. The van der Waals surface area contributed by atoms with Gasteiger partial charge in [0.2, 0.25) is 5.91 Å². The topological polar surface area (TPSA) is 32.3 Å². The van der Waals surface area contributed by atoms with Crippen LogP contribution in [-0.4, -0.2) is 17.4 Å².